The average Bonchev–Trinajstić information content (AvgIpc) is 3.37. The number of hydrogen-bond acceptors (Lipinski definition) is 7. The number of methoxy groups -OCH3 is 1. The fraction of sp³-hybridized carbons (Fsp3) is 0.333. The van der Waals surface area contributed by atoms with Gasteiger partial charge in [0.1, 0.15) is 10.6 Å². The molecule has 0 amide bonds. The van der Waals surface area contributed by atoms with Gasteiger partial charge in [0, 0.05) is 11.1 Å². The number of nitrogens with zero attached hydrogens (tertiary/aromatic N) is 3. The predicted octanol–water partition coefficient (Wildman–Crippen LogP) is 4.45. The second-order valence-electron chi connectivity index (χ2n) is 6.09. The second-order valence-corrected chi connectivity index (χ2v) is 9.33. The van der Waals surface area contributed by atoms with Crippen LogP contribution in [0, 0.1) is 0 Å². The predicted molar refractivity (Wildman–Crippen MR) is 108 cm³/mol. The van der Waals surface area contributed by atoms with E-state index in [1.807, 2.05) is 31.4 Å². The van der Waals surface area contributed by atoms with Gasteiger partial charge in [-0.1, -0.05) is 29.7 Å². The van der Waals surface area contributed by atoms with Crippen molar-refractivity contribution in [3.8, 4) is 16.5 Å². The number of halogens is 1. The third-order valence-corrected chi connectivity index (χ3v) is 7.38. The molecule has 0 aliphatic heterocycles. The Bertz CT molecular complexity index is 1040. The Hall–Kier alpha value is -1.94. The van der Waals surface area contributed by atoms with E-state index in [-0.39, 0.29) is 29.1 Å². The van der Waals surface area contributed by atoms with E-state index in [4.69, 9.17) is 20.9 Å². The van der Waals surface area contributed by atoms with Crippen molar-refractivity contribution >= 4 is 33.0 Å². The molecule has 10 heteroatoms. The van der Waals surface area contributed by atoms with Crippen LogP contribution in [0.5, 0.6) is 5.75 Å². The molecule has 0 N–H and O–H groups in total. The Labute approximate surface area is 172 Å². The first-order chi connectivity index (χ1) is 13.4. The van der Waals surface area contributed by atoms with Gasteiger partial charge in [0.25, 0.3) is 0 Å². The van der Waals surface area contributed by atoms with Gasteiger partial charge < -0.3 is 9.26 Å². The first-order valence-corrected chi connectivity index (χ1v) is 11.3. The summed E-state index contributed by atoms with van der Waals surface area (Å²) in [5.74, 6) is 0.877. The maximum Gasteiger partial charge on any atom is 0.247 e. The van der Waals surface area contributed by atoms with Crippen molar-refractivity contribution < 1.29 is 17.7 Å². The summed E-state index contributed by atoms with van der Waals surface area (Å²) >= 11 is 7.52. The summed E-state index contributed by atoms with van der Waals surface area (Å²) in [6.07, 6.45) is 0.605. The van der Waals surface area contributed by atoms with E-state index in [0.29, 0.717) is 17.3 Å². The lowest BCUT2D eigenvalue weighted by Gasteiger charge is -2.27. The van der Waals surface area contributed by atoms with Gasteiger partial charge in [-0.15, -0.1) is 11.3 Å². The molecular weight excluding hydrogens is 422 g/mol. The molecule has 150 valence electrons. The lowest BCUT2D eigenvalue weighted by atomic mass is 10.2. The van der Waals surface area contributed by atoms with Gasteiger partial charge in [-0.3, -0.25) is 0 Å². The number of ether oxygens (including phenoxy) is 1. The Balaban J connectivity index is 1.98. The zero-order valence-corrected chi connectivity index (χ0v) is 18.0. The van der Waals surface area contributed by atoms with E-state index in [1.54, 1.807) is 6.07 Å². The first kappa shape index (κ1) is 20.8. The summed E-state index contributed by atoms with van der Waals surface area (Å²) in [6.45, 7) is 3.68. The quantitative estimate of drug-likeness (QED) is 0.513. The van der Waals surface area contributed by atoms with Gasteiger partial charge in [0.15, 0.2) is 0 Å². The molecule has 2 aromatic heterocycles. The Morgan fingerprint density at radius 2 is 2.14 bits per heavy atom. The summed E-state index contributed by atoms with van der Waals surface area (Å²) < 4.78 is 38.7. The maximum atomic E-state index is 13.4. The van der Waals surface area contributed by atoms with Gasteiger partial charge in [0.2, 0.25) is 21.7 Å². The molecule has 0 spiro atoms. The molecule has 0 radical (unpaired) electrons. The summed E-state index contributed by atoms with van der Waals surface area (Å²) in [7, 11) is -2.50. The van der Waals surface area contributed by atoms with Crippen molar-refractivity contribution in [1.29, 1.82) is 0 Å². The van der Waals surface area contributed by atoms with Crippen LogP contribution in [0.15, 0.2) is 45.1 Å². The van der Waals surface area contributed by atoms with Crippen LogP contribution in [0.3, 0.4) is 0 Å². The van der Waals surface area contributed by atoms with E-state index >= 15 is 0 Å². The van der Waals surface area contributed by atoms with E-state index < -0.39 is 10.0 Å². The average molecular weight is 442 g/mol. The van der Waals surface area contributed by atoms with Crippen LogP contribution in [-0.4, -0.2) is 36.0 Å². The van der Waals surface area contributed by atoms with Crippen molar-refractivity contribution in [3.05, 3.63) is 46.6 Å². The van der Waals surface area contributed by atoms with Gasteiger partial charge in [-0.25, -0.2) is 8.42 Å². The van der Waals surface area contributed by atoms with Crippen molar-refractivity contribution in [1.82, 2.24) is 14.4 Å². The minimum atomic E-state index is -3.92. The summed E-state index contributed by atoms with van der Waals surface area (Å²) in [5, 5.41) is 6.17. The zero-order chi connectivity index (χ0) is 20.3. The molecule has 7 nitrogen and oxygen atoms in total. The van der Waals surface area contributed by atoms with E-state index in [2.05, 4.69) is 10.1 Å². The topological polar surface area (TPSA) is 85.5 Å². The molecule has 3 aromatic rings. The number of hydrogen-bond donors (Lipinski definition) is 0. The first-order valence-electron chi connectivity index (χ1n) is 8.58. The van der Waals surface area contributed by atoms with Gasteiger partial charge in [0.05, 0.1) is 18.5 Å². The number of benzene rings is 1. The monoisotopic (exact) mass is 441 g/mol. The van der Waals surface area contributed by atoms with Gasteiger partial charge in [-0.05, 0) is 43.0 Å². The standard InChI is InChI=1S/C18H20ClN3O4S2/c1-4-12(2)22(11-17-20-18(21-26-17)15-6-5-9-27-15)28(23,24)16-10-13(19)7-8-14(16)25-3/h5-10,12H,4,11H2,1-3H3/t12-/m0/s1. The number of thiophene rings is 1. The van der Waals surface area contributed by atoms with Crippen molar-refractivity contribution in [2.24, 2.45) is 0 Å². The number of sulfonamides is 1. The fourth-order valence-corrected chi connectivity index (χ4v) is 5.34. The molecule has 1 atom stereocenters. The summed E-state index contributed by atoms with van der Waals surface area (Å²) in [4.78, 5) is 5.20. The van der Waals surface area contributed by atoms with Crippen molar-refractivity contribution in [2.75, 3.05) is 7.11 Å². The summed E-state index contributed by atoms with van der Waals surface area (Å²) in [5.41, 5.74) is 0. The van der Waals surface area contributed by atoms with Crippen molar-refractivity contribution in [3.63, 3.8) is 0 Å². The smallest absolute Gasteiger partial charge is 0.247 e. The molecule has 0 unspecified atom stereocenters. The lowest BCUT2D eigenvalue weighted by molar-refractivity contribution is 0.271. The molecule has 0 aliphatic rings. The van der Waals surface area contributed by atoms with Crippen LogP contribution in [0.25, 0.3) is 10.7 Å². The Morgan fingerprint density at radius 1 is 1.36 bits per heavy atom. The third-order valence-electron chi connectivity index (χ3n) is 4.30. The molecule has 0 fully saturated rings. The third kappa shape index (κ3) is 4.22. The fourth-order valence-electron chi connectivity index (χ4n) is 2.62. The van der Waals surface area contributed by atoms with E-state index in [9.17, 15) is 8.42 Å². The molecule has 0 bridgehead atoms. The number of rotatable bonds is 8. The highest BCUT2D eigenvalue weighted by Gasteiger charge is 2.33. The minimum absolute atomic E-state index is 0.000737. The summed E-state index contributed by atoms with van der Waals surface area (Å²) in [6, 6.07) is 7.96. The molecule has 2 heterocycles. The number of aromatic nitrogens is 2. The molecule has 0 saturated carbocycles. The van der Waals surface area contributed by atoms with Gasteiger partial charge in [-0.2, -0.15) is 9.29 Å². The largest absolute Gasteiger partial charge is 0.495 e. The molecule has 0 aliphatic carbocycles. The highest BCUT2D eigenvalue weighted by Crippen LogP contribution is 2.32. The Morgan fingerprint density at radius 3 is 2.79 bits per heavy atom. The molecule has 1 aromatic carbocycles. The zero-order valence-electron chi connectivity index (χ0n) is 15.6. The highest BCUT2D eigenvalue weighted by molar-refractivity contribution is 7.89. The van der Waals surface area contributed by atoms with Crippen LogP contribution in [0.2, 0.25) is 5.02 Å². The van der Waals surface area contributed by atoms with Crippen LogP contribution in [0.4, 0.5) is 0 Å². The van der Waals surface area contributed by atoms with Crippen LogP contribution in [-0.2, 0) is 16.6 Å². The molecule has 28 heavy (non-hydrogen) atoms. The van der Waals surface area contributed by atoms with Gasteiger partial charge >= 0.3 is 0 Å². The maximum absolute atomic E-state index is 13.4. The minimum Gasteiger partial charge on any atom is -0.495 e. The van der Waals surface area contributed by atoms with Crippen molar-refractivity contribution in [2.45, 2.75) is 37.8 Å². The lowest BCUT2D eigenvalue weighted by Crippen LogP contribution is -2.38. The van der Waals surface area contributed by atoms with Crippen LogP contribution < -0.4 is 4.74 Å². The van der Waals surface area contributed by atoms with Crippen LogP contribution >= 0.6 is 22.9 Å². The normalized spacial score (nSPS) is 13.0. The Kier molecular flexibility index (Phi) is 6.39. The van der Waals surface area contributed by atoms with E-state index in [0.717, 1.165) is 4.88 Å². The van der Waals surface area contributed by atoms with Crippen LogP contribution in [0.1, 0.15) is 26.2 Å². The second kappa shape index (κ2) is 8.60. The molecule has 0 saturated heterocycles. The molecule has 3 rings (SSSR count). The SMILES string of the molecule is CC[C@H](C)N(Cc1nc(-c2cccs2)no1)S(=O)(=O)c1cc(Cl)ccc1OC. The molecular formula is C18H20ClN3O4S2. The highest BCUT2D eigenvalue weighted by atomic mass is 35.5. The van der Waals surface area contributed by atoms with E-state index in [1.165, 1.54) is 34.9 Å².